The summed E-state index contributed by atoms with van der Waals surface area (Å²) in [5.41, 5.74) is 1.74. The fourth-order valence-electron chi connectivity index (χ4n) is 2.56. The van der Waals surface area contributed by atoms with Crippen LogP contribution in [0.15, 0.2) is 18.2 Å². The molecule has 1 saturated carbocycles. The maximum atomic E-state index is 10.1. The van der Waals surface area contributed by atoms with Gasteiger partial charge in [-0.2, -0.15) is 0 Å². The molecule has 0 aliphatic heterocycles. The summed E-state index contributed by atoms with van der Waals surface area (Å²) in [5.74, 6) is 0.848. The minimum absolute atomic E-state index is 0.195. The predicted molar refractivity (Wildman–Crippen MR) is 78.9 cm³/mol. The van der Waals surface area contributed by atoms with E-state index in [-0.39, 0.29) is 6.04 Å². The van der Waals surface area contributed by atoms with Gasteiger partial charge in [-0.05, 0) is 43.9 Å². The number of hydrogen-bond donors (Lipinski definition) is 2. The minimum atomic E-state index is -0.490. The van der Waals surface area contributed by atoms with Crippen LogP contribution >= 0.6 is 0 Å². The lowest BCUT2D eigenvalue weighted by Gasteiger charge is -2.37. The molecular formula is C16H25NO3. The Morgan fingerprint density at radius 1 is 1.35 bits per heavy atom. The number of aliphatic hydroxyl groups is 1. The highest BCUT2D eigenvalue weighted by atomic mass is 16.5. The van der Waals surface area contributed by atoms with Gasteiger partial charge in [0.05, 0.1) is 19.3 Å². The lowest BCUT2D eigenvalue weighted by molar-refractivity contribution is -0.0329. The molecular weight excluding hydrogens is 254 g/mol. The summed E-state index contributed by atoms with van der Waals surface area (Å²) in [6, 6.07) is 6.33. The second kappa shape index (κ2) is 6.57. The summed E-state index contributed by atoms with van der Waals surface area (Å²) >= 11 is 0. The average Bonchev–Trinajstić information content (AvgIpc) is 2.43. The van der Waals surface area contributed by atoms with Crippen molar-refractivity contribution in [1.82, 2.24) is 5.32 Å². The zero-order valence-electron chi connectivity index (χ0n) is 12.6. The first-order chi connectivity index (χ1) is 9.58. The number of methoxy groups -OCH3 is 2. The van der Waals surface area contributed by atoms with Gasteiger partial charge in [-0.15, -0.1) is 0 Å². The summed E-state index contributed by atoms with van der Waals surface area (Å²) in [4.78, 5) is 0. The van der Waals surface area contributed by atoms with Crippen LogP contribution in [0.4, 0.5) is 0 Å². The standard InChI is InChI=1S/C16H25NO3/c1-12(17-11-16(18)7-4-8-16)13-5-6-15(20-3)14(9-13)10-19-2/h5-6,9,12,17-18H,4,7-8,10-11H2,1-3H3. The van der Waals surface area contributed by atoms with Crippen LogP contribution in [0.2, 0.25) is 0 Å². The van der Waals surface area contributed by atoms with Crippen LogP contribution < -0.4 is 10.1 Å². The van der Waals surface area contributed by atoms with Crippen molar-refractivity contribution in [2.75, 3.05) is 20.8 Å². The predicted octanol–water partition coefficient (Wildman–Crippen LogP) is 2.41. The molecule has 4 heteroatoms. The fourth-order valence-corrected chi connectivity index (χ4v) is 2.56. The van der Waals surface area contributed by atoms with E-state index in [2.05, 4.69) is 24.4 Å². The van der Waals surface area contributed by atoms with E-state index in [9.17, 15) is 5.11 Å². The monoisotopic (exact) mass is 279 g/mol. The minimum Gasteiger partial charge on any atom is -0.496 e. The van der Waals surface area contributed by atoms with E-state index in [1.165, 1.54) is 5.56 Å². The molecule has 2 N–H and O–H groups in total. The fraction of sp³-hybridized carbons (Fsp3) is 0.625. The zero-order chi connectivity index (χ0) is 14.6. The maximum Gasteiger partial charge on any atom is 0.124 e. The summed E-state index contributed by atoms with van der Waals surface area (Å²) in [5, 5.41) is 13.5. The number of ether oxygens (including phenoxy) is 2. The van der Waals surface area contributed by atoms with E-state index >= 15 is 0 Å². The van der Waals surface area contributed by atoms with Gasteiger partial charge in [-0.3, -0.25) is 0 Å². The molecule has 1 unspecified atom stereocenters. The summed E-state index contributed by atoms with van der Waals surface area (Å²) in [7, 11) is 3.35. The third kappa shape index (κ3) is 3.51. The maximum absolute atomic E-state index is 10.1. The number of nitrogens with one attached hydrogen (secondary N) is 1. The molecule has 0 bridgehead atoms. The molecule has 0 amide bonds. The van der Waals surface area contributed by atoms with Crippen LogP contribution in [0, 0.1) is 0 Å². The van der Waals surface area contributed by atoms with Gasteiger partial charge < -0.3 is 19.9 Å². The number of rotatable bonds is 7. The molecule has 1 aromatic rings. The van der Waals surface area contributed by atoms with Gasteiger partial charge in [0, 0.05) is 25.3 Å². The summed E-state index contributed by atoms with van der Waals surface area (Å²) in [6.45, 7) is 3.30. The van der Waals surface area contributed by atoms with Gasteiger partial charge in [-0.1, -0.05) is 6.07 Å². The highest BCUT2D eigenvalue weighted by Crippen LogP contribution is 2.31. The van der Waals surface area contributed by atoms with Gasteiger partial charge in [0.2, 0.25) is 0 Å². The molecule has 2 rings (SSSR count). The second-order valence-electron chi connectivity index (χ2n) is 5.68. The van der Waals surface area contributed by atoms with Crippen LogP contribution in [0.5, 0.6) is 5.75 Å². The van der Waals surface area contributed by atoms with E-state index in [1.54, 1.807) is 14.2 Å². The Labute approximate surface area is 121 Å². The highest BCUT2D eigenvalue weighted by molar-refractivity contribution is 5.38. The molecule has 1 aliphatic carbocycles. The first-order valence-corrected chi connectivity index (χ1v) is 7.19. The normalized spacial score (nSPS) is 18.4. The molecule has 0 radical (unpaired) electrons. The van der Waals surface area contributed by atoms with Crippen LogP contribution in [-0.4, -0.2) is 31.5 Å². The molecule has 1 aromatic carbocycles. The number of hydrogen-bond acceptors (Lipinski definition) is 4. The molecule has 4 nitrogen and oxygen atoms in total. The van der Waals surface area contributed by atoms with Crippen molar-refractivity contribution in [3.63, 3.8) is 0 Å². The quantitative estimate of drug-likeness (QED) is 0.805. The van der Waals surface area contributed by atoms with Gasteiger partial charge in [0.25, 0.3) is 0 Å². The average molecular weight is 279 g/mol. The Balaban J connectivity index is 2.01. The van der Waals surface area contributed by atoms with E-state index < -0.39 is 5.60 Å². The van der Waals surface area contributed by atoms with Gasteiger partial charge in [-0.25, -0.2) is 0 Å². The molecule has 0 saturated heterocycles. The Hall–Kier alpha value is -1.10. The lowest BCUT2D eigenvalue weighted by atomic mass is 9.80. The van der Waals surface area contributed by atoms with Crippen molar-refractivity contribution in [3.8, 4) is 5.75 Å². The Morgan fingerprint density at radius 3 is 2.65 bits per heavy atom. The molecule has 1 fully saturated rings. The van der Waals surface area contributed by atoms with E-state index in [0.717, 1.165) is 30.6 Å². The van der Waals surface area contributed by atoms with E-state index in [0.29, 0.717) is 13.2 Å². The number of benzene rings is 1. The van der Waals surface area contributed by atoms with Crippen molar-refractivity contribution in [2.24, 2.45) is 0 Å². The molecule has 0 aromatic heterocycles. The van der Waals surface area contributed by atoms with Crippen molar-refractivity contribution < 1.29 is 14.6 Å². The SMILES string of the molecule is COCc1cc(C(C)NCC2(O)CCC2)ccc1OC. The van der Waals surface area contributed by atoms with E-state index in [4.69, 9.17) is 9.47 Å². The molecule has 0 spiro atoms. The summed E-state index contributed by atoms with van der Waals surface area (Å²) < 4.78 is 10.5. The van der Waals surface area contributed by atoms with Crippen LogP contribution in [-0.2, 0) is 11.3 Å². The second-order valence-corrected chi connectivity index (χ2v) is 5.68. The Kier molecular flexibility index (Phi) is 5.02. The van der Waals surface area contributed by atoms with E-state index in [1.807, 2.05) is 6.07 Å². The first kappa shape index (κ1) is 15.3. The van der Waals surface area contributed by atoms with Gasteiger partial charge >= 0.3 is 0 Å². The Morgan fingerprint density at radius 2 is 2.10 bits per heavy atom. The Bertz CT molecular complexity index is 443. The molecule has 0 heterocycles. The van der Waals surface area contributed by atoms with Crippen molar-refractivity contribution in [3.05, 3.63) is 29.3 Å². The third-order valence-corrected chi connectivity index (χ3v) is 4.13. The lowest BCUT2D eigenvalue weighted by Crippen LogP contribution is -2.46. The van der Waals surface area contributed by atoms with Gasteiger partial charge in [0.15, 0.2) is 0 Å². The first-order valence-electron chi connectivity index (χ1n) is 7.19. The van der Waals surface area contributed by atoms with Crippen molar-refractivity contribution in [2.45, 2.75) is 44.4 Å². The smallest absolute Gasteiger partial charge is 0.124 e. The van der Waals surface area contributed by atoms with Crippen LogP contribution in [0.3, 0.4) is 0 Å². The molecule has 1 aliphatic rings. The molecule has 20 heavy (non-hydrogen) atoms. The molecule has 112 valence electrons. The van der Waals surface area contributed by atoms with Crippen LogP contribution in [0.25, 0.3) is 0 Å². The summed E-state index contributed by atoms with van der Waals surface area (Å²) in [6.07, 6.45) is 2.95. The van der Waals surface area contributed by atoms with Crippen molar-refractivity contribution >= 4 is 0 Å². The van der Waals surface area contributed by atoms with Crippen molar-refractivity contribution in [1.29, 1.82) is 0 Å². The topological polar surface area (TPSA) is 50.7 Å². The molecule has 1 atom stereocenters. The third-order valence-electron chi connectivity index (χ3n) is 4.13. The largest absolute Gasteiger partial charge is 0.496 e. The zero-order valence-corrected chi connectivity index (χ0v) is 12.6. The van der Waals surface area contributed by atoms with Gasteiger partial charge in [0.1, 0.15) is 5.75 Å². The van der Waals surface area contributed by atoms with Crippen LogP contribution in [0.1, 0.15) is 43.4 Å². The highest BCUT2D eigenvalue weighted by Gasteiger charge is 2.34.